The van der Waals surface area contributed by atoms with Gasteiger partial charge in [0, 0.05) is 12.5 Å². The molecular formula is C15H21N3OS. The summed E-state index contributed by atoms with van der Waals surface area (Å²) >= 11 is 1.65. The first-order valence-corrected chi connectivity index (χ1v) is 8.34. The lowest BCUT2D eigenvalue weighted by Crippen LogP contribution is -2.39. The van der Waals surface area contributed by atoms with Crippen molar-refractivity contribution in [3.63, 3.8) is 0 Å². The summed E-state index contributed by atoms with van der Waals surface area (Å²) < 4.78 is 5.44. The van der Waals surface area contributed by atoms with Crippen LogP contribution in [0.5, 0.6) is 0 Å². The quantitative estimate of drug-likeness (QED) is 0.916. The van der Waals surface area contributed by atoms with Crippen LogP contribution in [0.2, 0.25) is 0 Å². The van der Waals surface area contributed by atoms with Gasteiger partial charge in [-0.05, 0) is 36.8 Å². The normalized spacial score (nSPS) is 23.1. The fraction of sp³-hybridized carbons (Fsp3) is 0.600. The topological polar surface area (TPSA) is 51.0 Å². The third kappa shape index (κ3) is 3.10. The number of hydrogen-bond donors (Lipinski definition) is 1. The summed E-state index contributed by atoms with van der Waals surface area (Å²) in [5.74, 6) is 2.13. The molecule has 2 heterocycles. The van der Waals surface area contributed by atoms with E-state index in [2.05, 4.69) is 22.4 Å². The highest BCUT2D eigenvalue weighted by molar-refractivity contribution is 7.13. The zero-order chi connectivity index (χ0) is 13.8. The maximum absolute atomic E-state index is 5.44. The van der Waals surface area contributed by atoms with E-state index in [0.29, 0.717) is 12.0 Å². The lowest BCUT2D eigenvalue weighted by molar-refractivity contribution is 0.242. The Kier molecular flexibility index (Phi) is 4.47. The van der Waals surface area contributed by atoms with Crippen molar-refractivity contribution in [2.45, 2.75) is 45.1 Å². The van der Waals surface area contributed by atoms with Crippen LogP contribution >= 0.6 is 11.3 Å². The Hall–Kier alpha value is -1.20. The Labute approximate surface area is 123 Å². The van der Waals surface area contributed by atoms with Crippen LogP contribution in [0, 0.1) is 5.92 Å². The van der Waals surface area contributed by atoms with Gasteiger partial charge in [0.2, 0.25) is 11.7 Å². The second-order valence-electron chi connectivity index (χ2n) is 5.40. The van der Waals surface area contributed by atoms with E-state index in [9.17, 15) is 0 Å². The SMILES string of the molecule is CCNC1CCCCC1Cc1nc(-c2cccs2)no1. The summed E-state index contributed by atoms with van der Waals surface area (Å²) in [5, 5.41) is 9.74. The van der Waals surface area contributed by atoms with Crippen LogP contribution in [0.3, 0.4) is 0 Å². The molecule has 0 aromatic carbocycles. The third-order valence-corrected chi connectivity index (χ3v) is 4.89. The molecule has 20 heavy (non-hydrogen) atoms. The minimum absolute atomic E-state index is 0.603. The molecule has 2 unspecified atom stereocenters. The molecular weight excluding hydrogens is 270 g/mol. The molecule has 1 N–H and O–H groups in total. The molecule has 1 fully saturated rings. The van der Waals surface area contributed by atoms with Gasteiger partial charge in [-0.15, -0.1) is 11.3 Å². The van der Waals surface area contributed by atoms with Crippen LogP contribution in [-0.2, 0) is 6.42 Å². The zero-order valence-electron chi connectivity index (χ0n) is 11.8. The maximum Gasteiger partial charge on any atom is 0.227 e. The predicted molar refractivity (Wildman–Crippen MR) is 80.7 cm³/mol. The van der Waals surface area contributed by atoms with Crippen LogP contribution in [0.4, 0.5) is 0 Å². The Bertz CT molecular complexity index is 521. The van der Waals surface area contributed by atoms with E-state index < -0.39 is 0 Å². The average Bonchev–Trinajstić information content (AvgIpc) is 3.12. The average molecular weight is 291 g/mol. The van der Waals surface area contributed by atoms with Crippen molar-refractivity contribution in [2.75, 3.05) is 6.54 Å². The molecule has 0 spiro atoms. The first-order valence-electron chi connectivity index (χ1n) is 7.46. The number of aromatic nitrogens is 2. The summed E-state index contributed by atoms with van der Waals surface area (Å²) in [6, 6.07) is 4.64. The monoisotopic (exact) mass is 291 g/mol. The second-order valence-corrected chi connectivity index (χ2v) is 6.35. The molecule has 3 rings (SSSR count). The van der Waals surface area contributed by atoms with Gasteiger partial charge < -0.3 is 9.84 Å². The smallest absolute Gasteiger partial charge is 0.227 e. The lowest BCUT2D eigenvalue weighted by atomic mass is 9.82. The standard InChI is InChI=1S/C15H21N3OS/c1-2-16-12-7-4-3-6-11(12)10-14-17-15(18-19-14)13-8-5-9-20-13/h5,8-9,11-12,16H,2-4,6-7,10H2,1H3. The molecule has 2 atom stereocenters. The Balaban J connectivity index is 1.67. The minimum Gasteiger partial charge on any atom is -0.339 e. The van der Waals surface area contributed by atoms with Gasteiger partial charge in [0.15, 0.2) is 0 Å². The summed E-state index contributed by atoms with van der Waals surface area (Å²) in [7, 11) is 0. The first kappa shape index (κ1) is 13.8. The molecule has 0 bridgehead atoms. The van der Waals surface area contributed by atoms with E-state index in [0.717, 1.165) is 29.6 Å². The van der Waals surface area contributed by atoms with Gasteiger partial charge in [-0.1, -0.05) is 31.0 Å². The highest BCUT2D eigenvalue weighted by Crippen LogP contribution is 2.28. The molecule has 0 aliphatic heterocycles. The molecule has 0 saturated heterocycles. The lowest BCUT2D eigenvalue weighted by Gasteiger charge is -2.31. The molecule has 1 aliphatic carbocycles. The largest absolute Gasteiger partial charge is 0.339 e. The first-order chi connectivity index (χ1) is 9.86. The van der Waals surface area contributed by atoms with Crippen molar-refractivity contribution in [3.05, 3.63) is 23.4 Å². The van der Waals surface area contributed by atoms with E-state index in [4.69, 9.17) is 4.52 Å². The maximum atomic E-state index is 5.44. The highest BCUT2D eigenvalue weighted by atomic mass is 32.1. The van der Waals surface area contributed by atoms with Gasteiger partial charge >= 0.3 is 0 Å². The van der Waals surface area contributed by atoms with Gasteiger partial charge in [-0.2, -0.15) is 4.98 Å². The number of hydrogen-bond acceptors (Lipinski definition) is 5. The second kappa shape index (κ2) is 6.50. The van der Waals surface area contributed by atoms with Crippen molar-refractivity contribution in [1.82, 2.24) is 15.5 Å². The van der Waals surface area contributed by atoms with Crippen LogP contribution < -0.4 is 5.32 Å². The molecule has 4 nitrogen and oxygen atoms in total. The minimum atomic E-state index is 0.603. The van der Waals surface area contributed by atoms with E-state index >= 15 is 0 Å². The van der Waals surface area contributed by atoms with Crippen molar-refractivity contribution < 1.29 is 4.52 Å². The van der Waals surface area contributed by atoms with Crippen LogP contribution in [0.15, 0.2) is 22.0 Å². The van der Waals surface area contributed by atoms with Crippen molar-refractivity contribution >= 4 is 11.3 Å². The molecule has 0 radical (unpaired) electrons. The Morgan fingerprint density at radius 1 is 1.40 bits per heavy atom. The van der Waals surface area contributed by atoms with Crippen LogP contribution in [-0.4, -0.2) is 22.7 Å². The molecule has 108 valence electrons. The molecule has 2 aromatic rings. The van der Waals surface area contributed by atoms with Crippen molar-refractivity contribution in [1.29, 1.82) is 0 Å². The molecule has 1 saturated carbocycles. The summed E-state index contributed by atoms with van der Waals surface area (Å²) in [5.41, 5.74) is 0. The van der Waals surface area contributed by atoms with Crippen LogP contribution in [0.1, 0.15) is 38.5 Å². The van der Waals surface area contributed by atoms with E-state index in [1.807, 2.05) is 17.5 Å². The van der Waals surface area contributed by atoms with E-state index in [1.54, 1.807) is 11.3 Å². The summed E-state index contributed by atoms with van der Waals surface area (Å²) in [4.78, 5) is 5.62. The number of nitrogens with zero attached hydrogens (tertiary/aromatic N) is 2. The van der Waals surface area contributed by atoms with Gasteiger partial charge in [-0.25, -0.2) is 0 Å². The van der Waals surface area contributed by atoms with Gasteiger partial charge in [0.1, 0.15) is 0 Å². The predicted octanol–water partition coefficient (Wildman–Crippen LogP) is 3.51. The fourth-order valence-corrected chi connectivity index (χ4v) is 3.70. The molecule has 2 aromatic heterocycles. The third-order valence-electron chi connectivity index (χ3n) is 4.02. The van der Waals surface area contributed by atoms with Gasteiger partial charge in [0.25, 0.3) is 0 Å². The Morgan fingerprint density at radius 3 is 3.10 bits per heavy atom. The van der Waals surface area contributed by atoms with Gasteiger partial charge in [-0.3, -0.25) is 0 Å². The van der Waals surface area contributed by atoms with E-state index in [1.165, 1.54) is 25.7 Å². The fourth-order valence-electron chi connectivity index (χ4n) is 3.05. The highest BCUT2D eigenvalue weighted by Gasteiger charge is 2.26. The van der Waals surface area contributed by atoms with Crippen molar-refractivity contribution in [2.24, 2.45) is 5.92 Å². The zero-order valence-corrected chi connectivity index (χ0v) is 12.7. The van der Waals surface area contributed by atoms with E-state index in [-0.39, 0.29) is 0 Å². The van der Waals surface area contributed by atoms with Crippen LogP contribution in [0.25, 0.3) is 10.7 Å². The molecule has 1 aliphatic rings. The van der Waals surface area contributed by atoms with Crippen molar-refractivity contribution in [3.8, 4) is 10.7 Å². The number of thiophene rings is 1. The summed E-state index contributed by atoms with van der Waals surface area (Å²) in [6.45, 7) is 3.21. The number of nitrogens with one attached hydrogen (secondary N) is 1. The summed E-state index contributed by atoms with van der Waals surface area (Å²) in [6.07, 6.45) is 6.08. The molecule has 5 heteroatoms. The Morgan fingerprint density at radius 2 is 2.30 bits per heavy atom. The number of rotatable bonds is 5. The van der Waals surface area contributed by atoms with Gasteiger partial charge in [0.05, 0.1) is 4.88 Å². The molecule has 0 amide bonds.